The zero-order valence-electron chi connectivity index (χ0n) is 15.8. The van der Waals surface area contributed by atoms with E-state index < -0.39 is 12.1 Å². The van der Waals surface area contributed by atoms with Crippen molar-refractivity contribution in [2.45, 2.75) is 6.04 Å². The Morgan fingerprint density at radius 1 is 0.833 bits per heavy atom. The standard InChI is InChI=1S/C23H18BrN3O3/c24-16-10-12-17(13-11-16)26-23(30)25-14-20(15-6-2-1-3-7-15)27-21(28)18-8-4-5-9-19(18)22(27)29/h1-13,20H,14H2,(H2,25,26,30). The van der Waals surface area contributed by atoms with Crippen LogP contribution < -0.4 is 10.6 Å². The smallest absolute Gasteiger partial charge is 0.319 e. The van der Waals surface area contributed by atoms with Gasteiger partial charge >= 0.3 is 6.03 Å². The number of hydrogen-bond acceptors (Lipinski definition) is 3. The molecule has 1 heterocycles. The molecule has 0 fully saturated rings. The zero-order valence-corrected chi connectivity index (χ0v) is 17.4. The van der Waals surface area contributed by atoms with Crippen LogP contribution in [0.25, 0.3) is 0 Å². The largest absolute Gasteiger partial charge is 0.335 e. The Morgan fingerprint density at radius 3 is 2.00 bits per heavy atom. The highest BCUT2D eigenvalue weighted by Gasteiger charge is 2.40. The Balaban J connectivity index is 1.54. The molecule has 0 bridgehead atoms. The van der Waals surface area contributed by atoms with Crippen LogP contribution in [0.5, 0.6) is 0 Å². The van der Waals surface area contributed by atoms with Crippen molar-refractivity contribution in [1.29, 1.82) is 0 Å². The molecular formula is C23H18BrN3O3. The van der Waals surface area contributed by atoms with Crippen molar-refractivity contribution in [1.82, 2.24) is 10.2 Å². The van der Waals surface area contributed by atoms with Gasteiger partial charge in [-0.2, -0.15) is 0 Å². The monoisotopic (exact) mass is 463 g/mol. The molecule has 1 unspecified atom stereocenters. The van der Waals surface area contributed by atoms with Crippen LogP contribution in [0.3, 0.4) is 0 Å². The number of anilines is 1. The molecule has 0 spiro atoms. The minimum Gasteiger partial charge on any atom is -0.335 e. The maximum absolute atomic E-state index is 13.0. The fourth-order valence-electron chi connectivity index (χ4n) is 3.42. The van der Waals surface area contributed by atoms with Crippen LogP contribution in [0, 0.1) is 0 Å². The van der Waals surface area contributed by atoms with Crippen molar-refractivity contribution in [2.75, 3.05) is 11.9 Å². The van der Waals surface area contributed by atoms with E-state index in [4.69, 9.17) is 0 Å². The number of halogens is 1. The van der Waals surface area contributed by atoms with Crippen LogP contribution in [-0.4, -0.2) is 29.3 Å². The molecular weight excluding hydrogens is 446 g/mol. The van der Waals surface area contributed by atoms with Crippen LogP contribution in [0.15, 0.2) is 83.3 Å². The summed E-state index contributed by atoms with van der Waals surface area (Å²) in [6, 6.07) is 22.1. The normalized spacial score (nSPS) is 13.7. The number of benzene rings is 3. The first-order chi connectivity index (χ1) is 14.5. The fourth-order valence-corrected chi connectivity index (χ4v) is 3.69. The summed E-state index contributed by atoms with van der Waals surface area (Å²) in [5, 5.41) is 5.53. The van der Waals surface area contributed by atoms with Crippen LogP contribution in [0.2, 0.25) is 0 Å². The number of carbonyl (C=O) groups is 3. The van der Waals surface area contributed by atoms with Gasteiger partial charge in [0, 0.05) is 16.7 Å². The maximum Gasteiger partial charge on any atom is 0.319 e. The first kappa shape index (κ1) is 19.8. The highest BCUT2D eigenvalue weighted by atomic mass is 79.9. The molecule has 1 aliphatic heterocycles. The third-order valence-electron chi connectivity index (χ3n) is 4.88. The second-order valence-electron chi connectivity index (χ2n) is 6.79. The van der Waals surface area contributed by atoms with Gasteiger partial charge in [0.25, 0.3) is 11.8 Å². The SMILES string of the molecule is O=C(NCC(c1ccccc1)N1C(=O)c2ccccc2C1=O)Nc1ccc(Br)cc1. The number of rotatable bonds is 5. The maximum atomic E-state index is 13.0. The molecule has 0 radical (unpaired) electrons. The molecule has 6 nitrogen and oxygen atoms in total. The number of fused-ring (bicyclic) bond motifs is 1. The van der Waals surface area contributed by atoms with E-state index in [1.165, 1.54) is 4.90 Å². The van der Waals surface area contributed by atoms with Gasteiger partial charge in [0.15, 0.2) is 0 Å². The number of hydrogen-bond donors (Lipinski definition) is 2. The van der Waals surface area contributed by atoms with Crippen molar-refractivity contribution < 1.29 is 14.4 Å². The molecule has 3 aromatic rings. The van der Waals surface area contributed by atoms with Crippen molar-refractivity contribution in [2.24, 2.45) is 0 Å². The van der Waals surface area contributed by atoms with Crippen LogP contribution in [-0.2, 0) is 0 Å². The highest BCUT2D eigenvalue weighted by Crippen LogP contribution is 2.31. The molecule has 30 heavy (non-hydrogen) atoms. The van der Waals surface area contributed by atoms with E-state index in [-0.39, 0.29) is 18.4 Å². The van der Waals surface area contributed by atoms with Crippen LogP contribution in [0.1, 0.15) is 32.3 Å². The Bertz CT molecular complexity index is 1070. The predicted molar refractivity (Wildman–Crippen MR) is 117 cm³/mol. The molecule has 0 saturated carbocycles. The Hall–Kier alpha value is -3.45. The molecule has 1 aliphatic rings. The molecule has 7 heteroatoms. The Kier molecular flexibility index (Phi) is 5.63. The molecule has 4 amide bonds. The summed E-state index contributed by atoms with van der Waals surface area (Å²) in [5.41, 5.74) is 2.15. The summed E-state index contributed by atoms with van der Waals surface area (Å²) >= 11 is 3.35. The topological polar surface area (TPSA) is 78.5 Å². The molecule has 0 saturated heterocycles. The molecule has 150 valence electrons. The van der Waals surface area contributed by atoms with E-state index in [0.717, 1.165) is 10.0 Å². The van der Waals surface area contributed by atoms with Gasteiger partial charge in [0.1, 0.15) is 0 Å². The molecule has 3 aromatic carbocycles. The summed E-state index contributed by atoms with van der Waals surface area (Å²) in [7, 11) is 0. The van der Waals surface area contributed by atoms with Gasteiger partial charge < -0.3 is 10.6 Å². The number of urea groups is 1. The third kappa shape index (κ3) is 3.97. The minimum atomic E-state index is -0.630. The summed E-state index contributed by atoms with van der Waals surface area (Å²) in [6.07, 6.45) is 0. The van der Waals surface area contributed by atoms with Gasteiger partial charge in [-0.05, 0) is 42.0 Å². The second kappa shape index (κ2) is 8.51. The number of amides is 4. The van der Waals surface area contributed by atoms with Crippen LogP contribution in [0.4, 0.5) is 10.5 Å². The van der Waals surface area contributed by atoms with E-state index >= 15 is 0 Å². The number of nitrogens with zero attached hydrogens (tertiary/aromatic N) is 1. The fraction of sp³-hybridized carbons (Fsp3) is 0.0870. The van der Waals surface area contributed by atoms with E-state index in [1.807, 2.05) is 42.5 Å². The summed E-state index contributed by atoms with van der Waals surface area (Å²) in [5.74, 6) is -0.723. The lowest BCUT2D eigenvalue weighted by Gasteiger charge is -2.27. The predicted octanol–water partition coefficient (Wildman–Crippen LogP) is 4.61. The number of imide groups is 1. The molecule has 0 aliphatic carbocycles. The second-order valence-corrected chi connectivity index (χ2v) is 7.71. The summed E-state index contributed by atoms with van der Waals surface area (Å²) < 4.78 is 0.906. The summed E-state index contributed by atoms with van der Waals surface area (Å²) in [4.78, 5) is 39.6. The number of nitrogens with one attached hydrogen (secondary N) is 2. The Morgan fingerprint density at radius 2 is 1.40 bits per heavy atom. The van der Waals surface area contributed by atoms with Crippen molar-refractivity contribution in [3.05, 3.63) is 100 Å². The van der Waals surface area contributed by atoms with E-state index in [2.05, 4.69) is 26.6 Å². The lowest BCUT2D eigenvalue weighted by Crippen LogP contribution is -2.42. The van der Waals surface area contributed by atoms with Gasteiger partial charge in [-0.3, -0.25) is 14.5 Å². The molecule has 2 N–H and O–H groups in total. The van der Waals surface area contributed by atoms with Gasteiger partial charge in [0.2, 0.25) is 0 Å². The van der Waals surface area contributed by atoms with Gasteiger partial charge in [0.05, 0.1) is 17.2 Å². The average Bonchev–Trinajstić information content (AvgIpc) is 3.02. The van der Waals surface area contributed by atoms with E-state index in [1.54, 1.807) is 36.4 Å². The molecule has 1 atom stereocenters. The van der Waals surface area contributed by atoms with Crippen molar-refractivity contribution in [3.8, 4) is 0 Å². The van der Waals surface area contributed by atoms with Gasteiger partial charge in [-0.25, -0.2) is 4.79 Å². The summed E-state index contributed by atoms with van der Waals surface area (Å²) in [6.45, 7) is 0.0812. The quantitative estimate of drug-likeness (QED) is 0.542. The van der Waals surface area contributed by atoms with Gasteiger partial charge in [-0.1, -0.05) is 58.4 Å². The zero-order chi connectivity index (χ0) is 21.1. The van der Waals surface area contributed by atoms with Gasteiger partial charge in [-0.15, -0.1) is 0 Å². The number of carbonyl (C=O) groups excluding carboxylic acids is 3. The lowest BCUT2D eigenvalue weighted by atomic mass is 10.1. The van der Waals surface area contributed by atoms with E-state index in [0.29, 0.717) is 16.8 Å². The highest BCUT2D eigenvalue weighted by molar-refractivity contribution is 9.10. The van der Waals surface area contributed by atoms with Crippen molar-refractivity contribution >= 4 is 39.5 Å². The minimum absolute atomic E-state index is 0.0812. The first-order valence-corrected chi connectivity index (χ1v) is 10.2. The molecule has 4 rings (SSSR count). The Labute approximate surface area is 182 Å². The molecule has 0 aromatic heterocycles. The van der Waals surface area contributed by atoms with E-state index in [9.17, 15) is 14.4 Å². The third-order valence-corrected chi connectivity index (χ3v) is 5.41. The van der Waals surface area contributed by atoms with Crippen molar-refractivity contribution in [3.63, 3.8) is 0 Å². The van der Waals surface area contributed by atoms with Crippen LogP contribution >= 0.6 is 15.9 Å². The average molecular weight is 464 g/mol. The first-order valence-electron chi connectivity index (χ1n) is 9.37. The lowest BCUT2D eigenvalue weighted by molar-refractivity contribution is 0.0582.